The van der Waals surface area contributed by atoms with E-state index < -0.39 is 17.7 Å². The van der Waals surface area contributed by atoms with E-state index >= 15 is 0 Å². The molecular formula is C24H20ClNO5. The van der Waals surface area contributed by atoms with Crippen molar-refractivity contribution in [3.63, 3.8) is 0 Å². The van der Waals surface area contributed by atoms with Crippen LogP contribution in [0, 0.1) is 0 Å². The number of ether oxygens (including phenoxy) is 1. The van der Waals surface area contributed by atoms with Crippen LogP contribution in [0.4, 0.5) is 0 Å². The fraction of sp³-hybridized carbons (Fsp3) is 0.167. The van der Waals surface area contributed by atoms with Crippen LogP contribution in [0.3, 0.4) is 0 Å². The highest BCUT2D eigenvalue weighted by Gasteiger charge is 2.46. The number of ketones is 1. The number of carbonyl (C=O) groups excluding carboxylic acids is 2. The minimum absolute atomic E-state index is 0.0167. The number of benzene rings is 2. The van der Waals surface area contributed by atoms with Crippen LogP contribution in [-0.2, 0) is 16.1 Å². The van der Waals surface area contributed by atoms with Crippen molar-refractivity contribution in [1.29, 1.82) is 0 Å². The highest BCUT2D eigenvalue weighted by molar-refractivity contribution is 6.46. The lowest BCUT2D eigenvalue weighted by atomic mass is 9.95. The third kappa shape index (κ3) is 4.07. The van der Waals surface area contributed by atoms with Gasteiger partial charge in [-0.05, 0) is 61.0 Å². The second-order valence-electron chi connectivity index (χ2n) is 7.02. The molecule has 2 aromatic carbocycles. The predicted molar refractivity (Wildman–Crippen MR) is 116 cm³/mol. The first-order chi connectivity index (χ1) is 15.0. The zero-order chi connectivity index (χ0) is 22.0. The van der Waals surface area contributed by atoms with Gasteiger partial charge in [-0.15, -0.1) is 0 Å². The van der Waals surface area contributed by atoms with Crippen LogP contribution >= 0.6 is 11.6 Å². The van der Waals surface area contributed by atoms with Crippen molar-refractivity contribution in [3.8, 4) is 5.75 Å². The van der Waals surface area contributed by atoms with Gasteiger partial charge in [-0.3, -0.25) is 9.59 Å². The second kappa shape index (κ2) is 8.70. The summed E-state index contributed by atoms with van der Waals surface area (Å²) in [5, 5.41) is 11.6. The molecule has 1 saturated heterocycles. The first kappa shape index (κ1) is 20.8. The number of nitrogens with zero attached hydrogens (tertiary/aromatic N) is 1. The summed E-state index contributed by atoms with van der Waals surface area (Å²) < 4.78 is 10.8. The van der Waals surface area contributed by atoms with Crippen molar-refractivity contribution >= 4 is 29.1 Å². The lowest BCUT2D eigenvalue weighted by Crippen LogP contribution is -2.29. The van der Waals surface area contributed by atoms with Crippen LogP contribution in [0.25, 0.3) is 5.76 Å². The molecule has 1 aliphatic rings. The maximum Gasteiger partial charge on any atom is 0.296 e. The van der Waals surface area contributed by atoms with Gasteiger partial charge in [0.05, 0.1) is 31.0 Å². The molecule has 0 bridgehead atoms. The molecule has 1 amide bonds. The van der Waals surface area contributed by atoms with Crippen LogP contribution in [0.1, 0.15) is 29.9 Å². The summed E-state index contributed by atoms with van der Waals surface area (Å²) in [7, 11) is 0. The normalized spacial score (nSPS) is 17.9. The van der Waals surface area contributed by atoms with Gasteiger partial charge >= 0.3 is 0 Å². The molecule has 1 N–H and O–H groups in total. The first-order valence-corrected chi connectivity index (χ1v) is 10.2. The van der Waals surface area contributed by atoms with Gasteiger partial charge in [-0.25, -0.2) is 0 Å². The molecule has 0 aliphatic carbocycles. The molecule has 0 spiro atoms. The number of aliphatic hydroxyl groups excluding tert-OH is 1. The van der Waals surface area contributed by atoms with Crippen molar-refractivity contribution < 1.29 is 23.8 Å². The molecule has 6 nitrogen and oxygen atoms in total. The summed E-state index contributed by atoms with van der Waals surface area (Å²) in [5.41, 5.74) is 1.09. The first-order valence-electron chi connectivity index (χ1n) is 9.79. The van der Waals surface area contributed by atoms with Crippen molar-refractivity contribution in [2.45, 2.75) is 19.5 Å². The van der Waals surface area contributed by atoms with Crippen LogP contribution in [0.2, 0.25) is 5.02 Å². The highest BCUT2D eigenvalue weighted by atomic mass is 35.5. The summed E-state index contributed by atoms with van der Waals surface area (Å²) in [4.78, 5) is 27.3. The third-order valence-corrected chi connectivity index (χ3v) is 5.32. The van der Waals surface area contributed by atoms with Crippen molar-refractivity contribution in [2.24, 2.45) is 0 Å². The van der Waals surface area contributed by atoms with E-state index in [2.05, 4.69) is 0 Å². The Morgan fingerprint density at radius 1 is 1.10 bits per heavy atom. The molecular weight excluding hydrogens is 418 g/mol. The molecule has 1 aliphatic heterocycles. The fourth-order valence-electron chi connectivity index (χ4n) is 3.64. The van der Waals surface area contributed by atoms with Crippen LogP contribution < -0.4 is 4.74 Å². The number of furan rings is 1. The molecule has 1 unspecified atom stereocenters. The van der Waals surface area contributed by atoms with Gasteiger partial charge < -0.3 is 19.2 Å². The molecule has 4 rings (SSSR count). The summed E-state index contributed by atoms with van der Waals surface area (Å²) in [5.74, 6) is -0.529. The number of hydrogen-bond acceptors (Lipinski definition) is 5. The summed E-state index contributed by atoms with van der Waals surface area (Å²) in [6, 6.07) is 16.2. The minimum Gasteiger partial charge on any atom is -0.507 e. The Morgan fingerprint density at radius 2 is 1.81 bits per heavy atom. The van der Waals surface area contributed by atoms with Crippen LogP contribution in [0.15, 0.2) is 76.9 Å². The molecule has 158 valence electrons. The predicted octanol–water partition coefficient (Wildman–Crippen LogP) is 4.95. The summed E-state index contributed by atoms with van der Waals surface area (Å²) >= 11 is 6.03. The zero-order valence-electron chi connectivity index (χ0n) is 16.7. The van der Waals surface area contributed by atoms with E-state index in [0.717, 1.165) is 0 Å². The second-order valence-corrected chi connectivity index (χ2v) is 7.45. The van der Waals surface area contributed by atoms with Gasteiger partial charge in [0.2, 0.25) is 0 Å². The number of hydrogen-bond donors (Lipinski definition) is 1. The Kier molecular flexibility index (Phi) is 5.82. The molecule has 1 fully saturated rings. The SMILES string of the molecule is CCOc1ccc(C(O)=C2C(=O)C(=O)N(Cc3ccco3)C2c2ccc(Cl)cc2)cc1. The van der Waals surface area contributed by atoms with E-state index in [1.165, 1.54) is 11.2 Å². The zero-order valence-corrected chi connectivity index (χ0v) is 17.5. The Labute approximate surface area is 184 Å². The number of rotatable bonds is 6. The van der Waals surface area contributed by atoms with E-state index in [4.69, 9.17) is 20.8 Å². The Hall–Kier alpha value is -3.51. The van der Waals surface area contributed by atoms with Crippen molar-refractivity contribution in [3.05, 3.63) is 94.4 Å². The maximum atomic E-state index is 13.0. The molecule has 1 atom stereocenters. The quantitative estimate of drug-likeness (QED) is 0.335. The van der Waals surface area contributed by atoms with Gasteiger partial charge in [-0.2, -0.15) is 0 Å². The van der Waals surface area contributed by atoms with Gasteiger partial charge in [0.1, 0.15) is 17.3 Å². The topological polar surface area (TPSA) is 80.0 Å². The monoisotopic (exact) mass is 437 g/mol. The van der Waals surface area contributed by atoms with Gasteiger partial charge in [0.15, 0.2) is 0 Å². The lowest BCUT2D eigenvalue weighted by Gasteiger charge is -2.24. The summed E-state index contributed by atoms with van der Waals surface area (Å²) in [6.07, 6.45) is 1.50. The van der Waals surface area contributed by atoms with E-state index in [0.29, 0.717) is 34.3 Å². The molecule has 0 radical (unpaired) electrons. The maximum absolute atomic E-state index is 13.0. The van der Waals surface area contributed by atoms with E-state index in [1.807, 2.05) is 6.92 Å². The van der Waals surface area contributed by atoms with Crippen molar-refractivity contribution in [2.75, 3.05) is 6.61 Å². The lowest BCUT2D eigenvalue weighted by molar-refractivity contribution is -0.140. The average Bonchev–Trinajstić information content (AvgIpc) is 3.37. The number of amides is 1. The van der Waals surface area contributed by atoms with E-state index in [9.17, 15) is 14.7 Å². The number of carbonyl (C=O) groups is 2. The molecule has 7 heteroatoms. The van der Waals surface area contributed by atoms with Gasteiger partial charge in [0.25, 0.3) is 11.7 Å². The fourth-order valence-corrected chi connectivity index (χ4v) is 3.76. The Bertz CT molecular complexity index is 1120. The highest BCUT2D eigenvalue weighted by Crippen LogP contribution is 2.40. The summed E-state index contributed by atoms with van der Waals surface area (Å²) in [6.45, 7) is 2.48. The molecule has 31 heavy (non-hydrogen) atoms. The van der Waals surface area contributed by atoms with Crippen LogP contribution in [-0.4, -0.2) is 28.3 Å². The van der Waals surface area contributed by atoms with Gasteiger partial charge in [-0.1, -0.05) is 23.7 Å². The minimum atomic E-state index is -0.783. The smallest absolute Gasteiger partial charge is 0.296 e. The number of aliphatic hydroxyl groups is 1. The largest absolute Gasteiger partial charge is 0.507 e. The van der Waals surface area contributed by atoms with Gasteiger partial charge in [0, 0.05) is 10.6 Å². The van der Waals surface area contributed by atoms with E-state index in [-0.39, 0.29) is 17.9 Å². The Balaban J connectivity index is 1.81. The standard InChI is InChI=1S/C24H20ClNO5/c1-2-30-18-11-7-16(8-12-18)22(27)20-21(15-5-9-17(25)10-6-15)26(24(29)23(20)28)14-19-4-3-13-31-19/h3-13,21,27H,2,14H2,1H3. The van der Waals surface area contributed by atoms with E-state index in [1.54, 1.807) is 60.7 Å². The van der Waals surface area contributed by atoms with Crippen molar-refractivity contribution in [1.82, 2.24) is 4.90 Å². The number of likely N-dealkylation sites (tertiary alicyclic amines) is 1. The van der Waals surface area contributed by atoms with Crippen LogP contribution in [0.5, 0.6) is 5.75 Å². The average molecular weight is 438 g/mol. The molecule has 1 aromatic heterocycles. The number of Topliss-reactive ketones (excluding diaryl/α,β-unsaturated/α-hetero) is 1. The Morgan fingerprint density at radius 3 is 2.42 bits per heavy atom. The number of halogens is 1. The molecule has 2 heterocycles. The molecule has 0 saturated carbocycles. The third-order valence-electron chi connectivity index (χ3n) is 5.07. The molecule has 3 aromatic rings.